The Kier molecular flexibility index (Phi) is 9.77. The first-order valence-corrected chi connectivity index (χ1v) is 9.79. The Hall–Kier alpha value is -3.65. The molecule has 0 spiro atoms. The van der Waals surface area contributed by atoms with Crippen LogP contribution in [0.4, 0.5) is 4.79 Å². The predicted octanol–water partition coefficient (Wildman–Crippen LogP) is 3.48. The third-order valence-electron chi connectivity index (χ3n) is 4.21. The summed E-state index contributed by atoms with van der Waals surface area (Å²) in [7, 11) is 0. The second kappa shape index (κ2) is 12.8. The van der Waals surface area contributed by atoms with Crippen LogP contribution in [0.3, 0.4) is 0 Å². The van der Waals surface area contributed by atoms with Crippen LogP contribution in [0.5, 0.6) is 5.75 Å². The zero-order valence-electron chi connectivity index (χ0n) is 16.9. The number of aliphatic hydroxyl groups is 1. The fourth-order valence-electron chi connectivity index (χ4n) is 2.75. The Morgan fingerprint density at radius 3 is 2.39 bits per heavy atom. The maximum absolute atomic E-state index is 12.3. The van der Waals surface area contributed by atoms with Gasteiger partial charge in [-0.15, -0.1) is 0 Å². The van der Waals surface area contributed by atoms with Gasteiger partial charge in [0.25, 0.3) is 5.91 Å². The van der Waals surface area contributed by atoms with E-state index in [0.29, 0.717) is 36.1 Å². The number of unbranched alkanes of at least 4 members (excludes halogenated alkanes) is 1. The van der Waals surface area contributed by atoms with Crippen LogP contribution < -0.4 is 10.1 Å². The highest BCUT2D eigenvalue weighted by atomic mass is 16.6. The number of rotatable bonds is 11. The molecule has 2 rings (SSSR count). The average Bonchev–Trinajstić information content (AvgIpc) is 2.77. The number of allylic oxidation sites excluding steroid dienone is 1. The number of nitrogens with one attached hydrogen (secondary N) is 1. The van der Waals surface area contributed by atoms with Crippen LogP contribution in [0, 0.1) is 0 Å². The molecular weight excluding hydrogens is 402 g/mol. The van der Waals surface area contributed by atoms with Crippen LogP contribution in [-0.2, 0) is 9.53 Å². The van der Waals surface area contributed by atoms with E-state index in [0.717, 1.165) is 6.08 Å². The van der Waals surface area contributed by atoms with E-state index >= 15 is 0 Å². The highest BCUT2D eigenvalue weighted by Gasteiger charge is 2.19. The molecule has 2 aromatic rings. The summed E-state index contributed by atoms with van der Waals surface area (Å²) < 4.78 is 10.8. The van der Waals surface area contributed by atoms with Crippen LogP contribution in [0.2, 0.25) is 0 Å². The van der Waals surface area contributed by atoms with E-state index in [1.165, 1.54) is 6.08 Å². The summed E-state index contributed by atoms with van der Waals surface area (Å²) in [6.07, 6.45) is 2.56. The highest BCUT2D eigenvalue weighted by molar-refractivity contribution is 6.02. The van der Waals surface area contributed by atoms with Gasteiger partial charge in [-0.3, -0.25) is 10.1 Å². The molecule has 0 fully saturated rings. The minimum atomic E-state index is -1.02. The number of amides is 2. The normalized spacial score (nSPS) is 11.6. The minimum Gasteiger partial charge on any atom is -0.491 e. The molecule has 31 heavy (non-hydrogen) atoms. The lowest BCUT2D eigenvalue weighted by molar-refractivity contribution is -0.131. The van der Waals surface area contributed by atoms with Crippen LogP contribution in [0.15, 0.2) is 66.7 Å². The number of carboxylic acid groups (broad SMARTS) is 1. The van der Waals surface area contributed by atoms with Gasteiger partial charge in [-0.2, -0.15) is 0 Å². The van der Waals surface area contributed by atoms with Crippen LogP contribution >= 0.6 is 0 Å². The van der Waals surface area contributed by atoms with Gasteiger partial charge < -0.3 is 19.7 Å². The zero-order valence-corrected chi connectivity index (χ0v) is 16.9. The van der Waals surface area contributed by atoms with E-state index in [1.54, 1.807) is 54.6 Å². The highest BCUT2D eigenvalue weighted by Crippen LogP contribution is 2.26. The van der Waals surface area contributed by atoms with E-state index in [2.05, 4.69) is 5.32 Å². The number of benzene rings is 2. The standard InChI is InChI=1S/C23H25NO7/c25-15-16-30-19-13-11-17(12-14-19)20(9-5-2-6-10-21(26)27)31-23(29)24-22(28)18-7-3-1-4-8-18/h1,3-4,6-8,10-14,20,25H,2,5,9,15-16H2,(H,26,27)(H,24,28,29)/b10-6+/t20-/m0/s1. The number of hydrogen-bond acceptors (Lipinski definition) is 6. The Balaban J connectivity index is 2.02. The first-order chi connectivity index (χ1) is 15.0. The molecule has 0 bridgehead atoms. The second-order valence-electron chi connectivity index (χ2n) is 6.53. The number of hydrogen-bond donors (Lipinski definition) is 3. The monoisotopic (exact) mass is 427 g/mol. The lowest BCUT2D eigenvalue weighted by Gasteiger charge is -2.19. The number of carbonyl (C=O) groups excluding carboxylic acids is 2. The Morgan fingerprint density at radius 1 is 1.03 bits per heavy atom. The molecule has 0 radical (unpaired) electrons. The first-order valence-electron chi connectivity index (χ1n) is 9.79. The maximum atomic E-state index is 12.3. The molecule has 0 aliphatic heterocycles. The van der Waals surface area contributed by atoms with Crippen LogP contribution in [-0.4, -0.2) is 41.4 Å². The number of carbonyl (C=O) groups is 3. The van der Waals surface area contributed by atoms with Gasteiger partial charge >= 0.3 is 12.1 Å². The number of aliphatic hydroxyl groups excluding tert-OH is 1. The summed E-state index contributed by atoms with van der Waals surface area (Å²) in [6, 6.07) is 15.2. The summed E-state index contributed by atoms with van der Waals surface area (Å²) in [5, 5.41) is 19.7. The van der Waals surface area contributed by atoms with E-state index in [1.807, 2.05) is 0 Å². The first kappa shape index (κ1) is 23.6. The fraction of sp³-hybridized carbons (Fsp3) is 0.261. The molecule has 0 aliphatic rings. The quantitative estimate of drug-likeness (QED) is 0.371. The van der Waals surface area contributed by atoms with Gasteiger partial charge in [0, 0.05) is 11.6 Å². The summed E-state index contributed by atoms with van der Waals surface area (Å²) >= 11 is 0. The number of ether oxygens (including phenoxy) is 2. The topological polar surface area (TPSA) is 122 Å². The third kappa shape index (κ3) is 8.71. The Labute approximate surface area is 180 Å². The van der Waals surface area contributed by atoms with Crippen molar-refractivity contribution in [1.82, 2.24) is 5.32 Å². The van der Waals surface area contributed by atoms with Crippen LogP contribution in [0.1, 0.15) is 41.3 Å². The zero-order chi connectivity index (χ0) is 22.5. The SMILES string of the molecule is O=C(O)/C=C/CCC[C@H](OC(=O)NC(=O)c1ccccc1)c1ccc(OCCO)cc1. The van der Waals surface area contributed by atoms with Crippen molar-refractivity contribution >= 4 is 18.0 Å². The fourth-order valence-corrected chi connectivity index (χ4v) is 2.75. The molecule has 0 unspecified atom stereocenters. The molecule has 0 aliphatic carbocycles. The van der Waals surface area contributed by atoms with Crippen molar-refractivity contribution in [3.8, 4) is 5.75 Å². The molecule has 164 valence electrons. The third-order valence-corrected chi connectivity index (χ3v) is 4.21. The lowest BCUT2D eigenvalue weighted by atomic mass is 10.0. The van der Waals surface area contributed by atoms with Gasteiger partial charge in [0.05, 0.1) is 6.61 Å². The van der Waals surface area contributed by atoms with Crippen molar-refractivity contribution in [2.75, 3.05) is 13.2 Å². The minimum absolute atomic E-state index is 0.104. The molecule has 3 N–H and O–H groups in total. The van der Waals surface area contributed by atoms with E-state index < -0.39 is 24.1 Å². The van der Waals surface area contributed by atoms with Crippen molar-refractivity contribution in [2.45, 2.75) is 25.4 Å². The molecule has 0 saturated heterocycles. The molecule has 2 amide bonds. The molecule has 1 atom stereocenters. The van der Waals surface area contributed by atoms with Gasteiger partial charge in [-0.1, -0.05) is 36.4 Å². The second-order valence-corrected chi connectivity index (χ2v) is 6.53. The van der Waals surface area contributed by atoms with E-state index in [9.17, 15) is 14.4 Å². The summed E-state index contributed by atoms with van der Waals surface area (Å²) in [4.78, 5) is 35.0. The van der Waals surface area contributed by atoms with E-state index in [4.69, 9.17) is 19.7 Å². The predicted molar refractivity (Wildman–Crippen MR) is 113 cm³/mol. The van der Waals surface area contributed by atoms with Crippen molar-refractivity contribution in [2.24, 2.45) is 0 Å². The molecule has 0 saturated carbocycles. The molecule has 8 heteroatoms. The van der Waals surface area contributed by atoms with Crippen molar-refractivity contribution < 1.29 is 34.1 Å². The number of aliphatic carboxylic acids is 1. The van der Waals surface area contributed by atoms with Crippen LogP contribution in [0.25, 0.3) is 0 Å². The molecular formula is C23H25NO7. The number of carboxylic acids is 1. The summed E-state index contributed by atoms with van der Waals surface area (Å²) in [5.74, 6) is -1.03. The molecule has 0 aromatic heterocycles. The smallest absolute Gasteiger partial charge is 0.414 e. The number of imide groups is 1. The van der Waals surface area contributed by atoms with Gasteiger partial charge in [-0.25, -0.2) is 9.59 Å². The van der Waals surface area contributed by atoms with Crippen molar-refractivity contribution in [3.63, 3.8) is 0 Å². The van der Waals surface area contributed by atoms with E-state index in [-0.39, 0.29) is 13.2 Å². The molecule has 0 heterocycles. The summed E-state index contributed by atoms with van der Waals surface area (Å²) in [5.41, 5.74) is 1.03. The maximum Gasteiger partial charge on any atom is 0.414 e. The van der Waals surface area contributed by atoms with Crippen molar-refractivity contribution in [1.29, 1.82) is 0 Å². The van der Waals surface area contributed by atoms with Gasteiger partial charge in [0.1, 0.15) is 18.5 Å². The molecule has 2 aromatic carbocycles. The van der Waals surface area contributed by atoms with Gasteiger partial charge in [-0.05, 0) is 49.1 Å². The largest absolute Gasteiger partial charge is 0.491 e. The number of alkyl carbamates (subject to hydrolysis) is 1. The Morgan fingerprint density at radius 2 is 1.74 bits per heavy atom. The van der Waals surface area contributed by atoms with Gasteiger partial charge in [0.15, 0.2) is 0 Å². The lowest BCUT2D eigenvalue weighted by Crippen LogP contribution is -2.32. The average molecular weight is 427 g/mol. The Bertz CT molecular complexity index is 879. The molecule has 8 nitrogen and oxygen atoms in total. The van der Waals surface area contributed by atoms with Gasteiger partial charge in [0.2, 0.25) is 0 Å². The summed E-state index contributed by atoms with van der Waals surface area (Å²) in [6.45, 7) is 0.0617. The van der Waals surface area contributed by atoms with Crippen molar-refractivity contribution in [3.05, 3.63) is 77.9 Å².